The highest BCUT2D eigenvalue weighted by Crippen LogP contribution is 2.00. The molecule has 1 heterocycles. The number of nitrogens with zero attached hydrogens (tertiary/aromatic N) is 4. The van der Waals surface area contributed by atoms with Crippen LogP contribution in [0.2, 0.25) is 0 Å². The van der Waals surface area contributed by atoms with Crippen molar-refractivity contribution in [2.24, 2.45) is 0 Å². The minimum Gasteiger partial charge on any atom is -0.460 e. The van der Waals surface area contributed by atoms with Gasteiger partial charge >= 0.3 is 5.97 Å². The Kier molecular flexibility index (Phi) is 20.8. The van der Waals surface area contributed by atoms with Gasteiger partial charge in [0.1, 0.15) is 19.0 Å². The topological polar surface area (TPSA) is 68.4 Å². The summed E-state index contributed by atoms with van der Waals surface area (Å²) in [6.45, 7) is 20.1. The van der Waals surface area contributed by atoms with Gasteiger partial charge in [0.25, 0.3) is 0 Å². The quantitative estimate of drug-likeness (QED) is 0.395. The zero-order valence-corrected chi connectivity index (χ0v) is 24.2. The zero-order valence-electron chi connectivity index (χ0n) is 22.6. The second-order valence-corrected chi connectivity index (χ2v) is 8.93. The van der Waals surface area contributed by atoms with Gasteiger partial charge in [0.2, 0.25) is 5.91 Å². The molecule has 1 saturated heterocycles. The van der Waals surface area contributed by atoms with E-state index in [4.69, 9.17) is 16.3 Å². The number of hydrogen-bond acceptors (Lipinski definition) is 7. The average molecular weight is 549 g/mol. The second kappa shape index (κ2) is 21.6. The van der Waals surface area contributed by atoms with Crippen LogP contribution in [0.1, 0.15) is 26.3 Å². The Morgan fingerprint density at radius 1 is 0.833 bits per heavy atom. The minimum atomic E-state index is -0.484. The van der Waals surface area contributed by atoms with Crippen molar-refractivity contribution in [3.63, 3.8) is 0 Å². The molecule has 1 aromatic rings. The Morgan fingerprint density at radius 2 is 1.28 bits per heavy atom. The van der Waals surface area contributed by atoms with Gasteiger partial charge in [-0.1, -0.05) is 51.1 Å². The van der Waals surface area contributed by atoms with Crippen molar-refractivity contribution in [3.8, 4) is 0 Å². The van der Waals surface area contributed by atoms with E-state index in [0.29, 0.717) is 0 Å². The van der Waals surface area contributed by atoms with Gasteiger partial charge in [0.05, 0.1) is 0 Å². The van der Waals surface area contributed by atoms with Crippen molar-refractivity contribution in [2.45, 2.75) is 27.4 Å². The van der Waals surface area contributed by atoms with Crippen LogP contribution in [0.4, 0.5) is 0 Å². The molecular weight excluding hydrogens is 501 g/mol. The molecule has 2 rings (SSSR count). The Hall–Kier alpha value is -1.42. The number of ether oxygens (including phenoxy) is 1. The van der Waals surface area contributed by atoms with E-state index < -0.39 is 11.9 Å². The van der Waals surface area contributed by atoms with E-state index in [1.165, 1.54) is 72.0 Å². The minimum absolute atomic E-state index is 0. The molecule has 36 heavy (non-hydrogen) atoms. The van der Waals surface area contributed by atoms with Gasteiger partial charge in [-0.05, 0) is 32.2 Å². The Balaban J connectivity index is 0.000000671. The number of nitrogens with one attached hydrogen (secondary N) is 1. The van der Waals surface area contributed by atoms with Crippen LogP contribution in [0.25, 0.3) is 0 Å². The van der Waals surface area contributed by atoms with Crippen LogP contribution in [0.5, 0.6) is 0 Å². The van der Waals surface area contributed by atoms with Crippen LogP contribution in [-0.4, -0.2) is 123 Å². The lowest BCUT2D eigenvalue weighted by Gasteiger charge is -2.32. The molecule has 0 unspecified atom stereocenters. The van der Waals surface area contributed by atoms with E-state index in [9.17, 15) is 9.59 Å². The van der Waals surface area contributed by atoms with Gasteiger partial charge in [0, 0.05) is 52.4 Å². The average Bonchev–Trinajstić information content (AvgIpc) is 2.89. The molecule has 0 radical (unpaired) electrons. The van der Waals surface area contributed by atoms with E-state index in [1.807, 2.05) is 30.3 Å². The first kappa shape index (κ1) is 34.6. The van der Waals surface area contributed by atoms with Crippen molar-refractivity contribution >= 4 is 35.9 Å². The number of rotatable bonds is 8. The number of amides is 1. The summed E-state index contributed by atoms with van der Waals surface area (Å²) in [5.74, 6) is -1.04. The fraction of sp³-hybridized carbons (Fsp3) is 0.692. The highest BCUT2D eigenvalue weighted by molar-refractivity contribution is 6.27. The van der Waals surface area contributed by atoms with Gasteiger partial charge in [-0.2, -0.15) is 0 Å². The predicted molar refractivity (Wildman–Crippen MR) is 151 cm³/mol. The number of hydrogen-bond donors (Lipinski definition) is 1. The van der Waals surface area contributed by atoms with E-state index >= 15 is 0 Å². The highest BCUT2D eigenvalue weighted by Gasteiger charge is 2.12. The summed E-state index contributed by atoms with van der Waals surface area (Å²) in [4.78, 5) is 32.1. The zero-order chi connectivity index (χ0) is 25.9. The molecule has 1 fully saturated rings. The smallest absolute Gasteiger partial charge is 0.325 e. The Bertz CT molecular complexity index is 679. The summed E-state index contributed by atoms with van der Waals surface area (Å²) >= 11 is 5.24. The summed E-state index contributed by atoms with van der Waals surface area (Å²) < 4.78 is 4.93. The molecule has 208 valence electrons. The molecule has 0 atom stereocenters. The van der Waals surface area contributed by atoms with Crippen molar-refractivity contribution in [1.82, 2.24) is 24.9 Å². The van der Waals surface area contributed by atoms with Crippen LogP contribution in [0.15, 0.2) is 30.3 Å². The van der Waals surface area contributed by atoms with E-state index in [1.54, 1.807) is 0 Å². The first-order valence-corrected chi connectivity index (χ1v) is 13.3. The fourth-order valence-corrected chi connectivity index (χ4v) is 3.69. The molecule has 0 aliphatic carbocycles. The number of carbonyl (C=O) groups is 2. The number of halogens is 2. The molecule has 1 aromatic carbocycles. The molecule has 8 nitrogen and oxygen atoms in total. The lowest BCUT2D eigenvalue weighted by molar-refractivity contribution is -0.145. The molecule has 1 aliphatic heterocycles. The van der Waals surface area contributed by atoms with Gasteiger partial charge in [-0.15, -0.1) is 24.0 Å². The van der Waals surface area contributed by atoms with Gasteiger partial charge < -0.3 is 29.7 Å². The van der Waals surface area contributed by atoms with Crippen LogP contribution < -0.4 is 5.32 Å². The molecule has 1 amide bonds. The lowest BCUT2D eigenvalue weighted by atomic mass is 10.2. The standard InChI is InChI=1S/C15H34N4.C11H12ClNO3.ClH/c1-5-17-10-8-16(4)9-11-18(6-2)13-15-19(7-3)14-12-17;12-6-10(14)13-7-11(15)16-8-9-4-2-1-3-5-9;/h5-15H2,1-4H3;1-5H,6-8H2,(H,13,14);1H. The number of carbonyl (C=O) groups excluding carboxylic acids is 2. The van der Waals surface area contributed by atoms with E-state index in [-0.39, 0.29) is 31.4 Å². The third-order valence-corrected chi connectivity index (χ3v) is 6.44. The van der Waals surface area contributed by atoms with Gasteiger partial charge in [-0.25, -0.2) is 0 Å². The lowest BCUT2D eigenvalue weighted by Crippen LogP contribution is -2.44. The van der Waals surface area contributed by atoms with E-state index in [0.717, 1.165) is 5.56 Å². The van der Waals surface area contributed by atoms with Gasteiger partial charge in [-0.3, -0.25) is 9.59 Å². The maximum absolute atomic E-state index is 11.2. The van der Waals surface area contributed by atoms with Crippen LogP contribution in [0.3, 0.4) is 0 Å². The summed E-state index contributed by atoms with van der Waals surface area (Å²) in [6.07, 6.45) is 0. The van der Waals surface area contributed by atoms with Gasteiger partial charge in [0.15, 0.2) is 0 Å². The van der Waals surface area contributed by atoms with Crippen LogP contribution in [-0.2, 0) is 20.9 Å². The molecule has 0 bridgehead atoms. The predicted octanol–water partition coefficient (Wildman–Crippen LogP) is 2.40. The molecule has 10 heteroatoms. The summed E-state index contributed by atoms with van der Waals surface area (Å²) in [5, 5.41) is 2.32. The van der Waals surface area contributed by atoms with E-state index in [2.05, 4.69) is 52.7 Å². The first-order chi connectivity index (χ1) is 16.9. The second-order valence-electron chi connectivity index (χ2n) is 8.66. The van der Waals surface area contributed by atoms with Crippen LogP contribution in [0, 0.1) is 0 Å². The normalized spacial score (nSPS) is 16.9. The Morgan fingerprint density at radius 3 is 1.69 bits per heavy atom. The third-order valence-electron chi connectivity index (χ3n) is 6.20. The maximum atomic E-state index is 11.2. The largest absolute Gasteiger partial charge is 0.460 e. The summed E-state index contributed by atoms with van der Waals surface area (Å²) in [6, 6.07) is 9.30. The molecule has 1 N–H and O–H groups in total. The first-order valence-electron chi connectivity index (χ1n) is 12.8. The van der Waals surface area contributed by atoms with Crippen LogP contribution >= 0.6 is 24.0 Å². The van der Waals surface area contributed by atoms with Crippen molar-refractivity contribution in [1.29, 1.82) is 0 Å². The molecular formula is C26H47Cl2N5O3. The number of likely N-dealkylation sites (N-methyl/N-ethyl adjacent to an activating group) is 4. The molecule has 0 aromatic heterocycles. The molecule has 0 spiro atoms. The molecule has 1 aliphatic rings. The number of esters is 1. The highest BCUT2D eigenvalue weighted by atomic mass is 35.5. The monoisotopic (exact) mass is 547 g/mol. The summed E-state index contributed by atoms with van der Waals surface area (Å²) in [7, 11) is 2.26. The van der Waals surface area contributed by atoms with Crippen molar-refractivity contribution in [3.05, 3.63) is 35.9 Å². The summed E-state index contributed by atoms with van der Waals surface area (Å²) in [5.41, 5.74) is 0.902. The molecule has 0 saturated carbocycles. The third kappa shape index (κ3) is 16.3. The maximum Gasteiger partial charge on any atom is 0.325 e. The number of alkyl halides is 1. The van der Waals surface area contributed by atoms with Crippen molar-refractivity contribution < 1.29 is 14.3 Å². The fourth-order valence-electron chi connectivity index (χ4n) is 3.59. The number of benzene rings is 1. The van der Waals surface area contributed by atoms with Crippen molar-refractivity contribution in [2.75, 3.05) is 91.5 Å². The Labute approximate surface area is 229 Å². The SMILES string of the molecule is CCN1CCN(C)CCN(CC)CCN(CC)CC1.Cl.O=C(CCl)NCC(=O)OCc1ccccc1.